The van der Waals surface area contributed by atoms with E-state index >= 15 is 0 Å². The standard InChI is InChI=1S/C23H20F3N7O3/c24-23(25,26)17-6-7-19(20(12-17)33(34)35)31-10-8-16(9-11-31)22-27-21(29-36-22)18-14-32(30-28-18)13-15-4-2-1-3-5-15/h1-7,12,14,16H,8-11,13H2. The lowest BCUT2D eigenvalue weighted by molar-refractivity contribution is -0.384. The predicted molar refractivity (Wildman–Crippen MR) is 121 cm³/mol. The highest BCUT2D eigenvalue weighted by atomic mass is 19.4. The number of nitro benzene ring substituents is 1. The average molecular weight is 499 g/mol. The smallest absolute Gasteiger partial charge is 0.366 e. The van der Waals surface area contributed by atoms with Crippen molar-refractivity contribution in [2.45, 2.75) is 31.5 Å². The number of piperidine rings is 1. The highest BCUT2D eigenvalue weighted by Crippen LogP contribution is 2.38. The van der Waals surface area contributed by atoms with Crippen LogP contribution in [0.3, 0.4) is 0 Å². The van der Waals surface area contributed by atoms with Gasteiger partial charge in [0.05, 0.1) is 23.2 Å². The summed E-state index contributed by atoms with van der Waals surface area (Å²) in [5, 5.41) is 23.7. The van der Waals surface area contributed by atoms with Crippen molar-refractivity contribution < 1.29 is 22.6 Å². The SMILES string of the molecule is O=[N+]([O-])c1cc(C(F)(F)F)ccc1N1CCC(c2nc(-c3cn(Cc4ccccc4)nn3)no2)CC1. The lowest BCUT2D eigenvalue weighted by Gasteiger charge is -2.31. The molecule has 0 saturated carbocycles. The Morgan fingerprint density at radius 3 is 2.56 bits per heavy atom. The molecule has 0 atom stereocenters. The van der Waals surface area contributed by atoms with Crippen molar-refractivity contribution >= 4 is 11.4 Å². The van der Waals surface area contributed by atoms with Gasteiger partial charge in [-0.15, -0.1) is 5.10 Å². The summed E-state index contributed by atoms with van der Waals surface area (Å²) in [6.07, 6.45) is -1.84. The minimum absolute atomic E-state index is 0.0876. The van der Waals surface area contributed by atoms with Gasteiger partial charge >= 0.3 is 6.18 Å². The number of hydrogen-bond donors (Lipinski definition) is 0. The maximum Gasteiger partial charge on any atom is 0.416 e. The summed E-state index contributed by atoms with van der Waals surface area (Å²) in [7, 11) is 0. The van der Waals surface area contributed by atoms with Crippen LogP contribution < -0.4 is 4.90 Å². The van der Waals surface area contributed by atoms with Gasteiger partial charge in [-0.25, -0.2) is 4.68 Å². The molecule has 186 valence electrons. The second-order valence-corrected chi connectivity index (χ2v) is 8.46. The fourth-order valence-electron chi connectivity index (χ4n) is 4.23. The van der Waals surface area contributed by atoms with Crippen LogP contribution in [0, 0.1) is 10.1 Å². The van der Waals surface area contributed by atoms with E-state index in [4.69, 9.17) is 4.52 Å². The molecule has 3 heterocycles. The molecule has 0 N–H and O–H groups in total. The monoisotopic (exact) mass is 499 g/mol. The molecule has 1 saturated heterocycles. The molecule has 0 spiro atoms. The first-order valence-electron chi connectivity index (χ1n) is 11.2. The Bertz CT molecular complexity index is 1360. The van der Waals surface area contributed by atoms with Gasteiger partial charge in [0.15, 0.2) is 5.69 Å². The lowest BCUT2D eigenvalue weighted by Crippen LogP contribution is -2.33. The van der Waals surface area contributed by atoms with Crippen LogP contribution in [-0.2, 0) is 12.7 Å². The summed E-state index contributed by atoms with van der Waals surface area (Å²) in [4.78, 5) is 16.8. The van der Waals surface area contributed by atoms with Gasteiger partial charge in [-0.1, -0.05) is 40.7 Å². The van der Waals surface area contributed by atoms with Crippen LogP contribution in [0.5, 0.6) is 0 Å². The fourth-order valence-corrected chi connectivity index (χ4v) is 4.23. The van der Waals surface area contributed by atoms with E-state index < -0.39 is 22.4 Å². The predicted octanol–water partition coefficient (Wildman–Crippen LogP) is 4.69. The largest absolute Gasteiger partial charge is 0.416 e. The Morgan fingerprint density at radius 2 is 1.86 bits per heavy atom. The Balaban J connectivity index is 1.25. The molecule has 13 heteroatoms. The quantitative estimate of drug-likeness (QED) is 0.277. The lowest BCUT2D eigenvalue weighted by atomic mass is 9.96. The van der Waals surface area contributed by atoms with Crippen molar-refractivity contribution in [3.63, 3.8) is 0 Å². The van der Waals surface area contributed by atoms with E-state index in [1.54, 1.807) is 15.8 Å². The second-order valence-electron chi connectivity index (χ2n) is 8.46. The second kappa shape index (κ2) is 9.40. The number of anilines is 1. The van der Waals surface area contributed by atoms with Crippen molar-refractivity contribution in [2.75, 3.05) is 18.0 Å². The Labute approximate surface area is 202 Å². The van der Waals surface area contributed by atoms with Gasteiger partial charge in [-0.05, 0) is 30.5 Å². The third kappa shape index (κ3) is 4.90. The first kappa shape index (κ1) is 23.5. The van der Waals surface area contributed by atoms with Crippen LogP contribution in [0.2, 0.25) is 0 Å². The van der Waals surface area contributed by atoms with Crippen LogP contribution in [0.4, 0.5) is 24.5 Å². The summed E-state index contributed by atoms with van der Waals surface area (Å²) in [6.45, 7) is 1.33. The number of nitrogens with zero attached hydrogens (tertiary/aromatic N) is 7. The number of rotatable bonds is 6. The van der Waals surface area contributed by atoms with Crippen molar-refractivity contribution in [3.05, 3.63) is 81.9 Å². The van der Waals surface area contributed by atoms with Gasteiger partial charge in [-0.2, -0.15) is 18.2 Å². The minimum atomic E-state index is -4.65. The third-order valence-corrected chi connectivity index (χ3v) is 6.08. The van der Waals surface area contributed by atoms with Crippen LogP contribution in [0.1, 0.15) is 35.8 Å². The van der Waals surface area contributed by atoms with Gasteiger partial charge < -0.3 is 9.42 Å². The molecule has 1 aliphatic rings. The molecule has 0 bridgehead atoms. The zero-order chi connectivity index (χ0) is 25.3. The van der Waals surface area contributed by atoms with Crippen molar-refractivity contribution in [2.24, 2.45) is 0 Å². The molecular weight excluding hydrogens is 479 g/mol. The van der Waals surface area contributed by atoms with E-state index in [1.165, 1.54) is 0 Å². The number of hydrogen-bond acceptors (Lipinski definition) is 8. The van der Waals surface area contributed by atoms with Crippen molar-refractivity contribution in [3.8, 4) is 11.5 Å². The topological polar surface area (TPSA) is 116 Å². The zero-order valence-corrected chi connectivity index (χ0v) is 18.8. The van der Waals surface area contributed by atoms with Crippen LogP contribution in [0.15, 0.2) is 59.3 Å². The minimum Gasteiger partial charge on any atom is -0.366 e. The van der Waals surface area contributed by atoms with E-state index in [0.717, 1.165) is 17.7 Å². The Kier molecular flexibility index (Phi) is 6.12. The molecule has 0 unspecified atom stereocenters. The molecular formula is C23H20F3N7O3. The number of nitro groups is 1. The summed E-state index contributed by atoms with van der Waals surface area (Å²) in [6, 6.07) is 12.4. The zero-order valence-electron chi connectivity index (χ0n) is 18.8. The van der Waals surface area contributed by atoms with Gasteiger partial charge in [-0.3, -0.25) is 10.1 Å². The van der Waals surface area contributed by atoms with Crippen molar-refractivity contribution in [1.29, 1.82) is 0 Å². The van der Waals surface area contributed by atoms with E-state index in [1.807, 2.05) is 30.3 Å². The molecule has 10 nitrogen and oxygen atoms in total. The third-order valence-electron chi connectivity index (χ3n) is 6.08. The number of benzene rings is 2. The molecule has 4 aromatic rings. The molecule has 2 aromatic heterocycles. The summed E-state index contributed by atoms with van der Waals surface area (Å²) in [5.41, 5.74) is 0.0862. The first-order chi connectivity index (χ1) is 17.3. The fraction of sp³-hybridized carbons (Fsp3) is 0.304. The highest BCUT2D eigenvalue weighted by Gasteiger charge is 2.35. The van der Waals surface area contributed by atoms with E-state index in [0.29, 0.717) is 56.0 Å². The molecule has 0 aliphatic carbocycles. The van der Waals surface area contributed by atoms with Gasteiger partial charge in [0, 0.05) is 25.1 Å². The summed E-state index contributed by atoms with van der Waals surface area (Å²) < 4.78 is 46.1. The first-order valence-corrected chi connectivity index (χ1v) is 11.2. The van der Waals surface area contributed by atoms with E-state index in [2.05, 4.69) is 20.5 Å². The Hall–Kier alpha value is -4.29. The maximum absolute atomic E-state index is 13.0. The normalized spacial score (nSPS) is 14.8. The number of aromatic nitrogens is 5. The number of halogens is 3. The molecule has 5 rings (SSSR count). The van der Waals surface area contributed by atoms with E-state index in [9.17, 15) is 23.3 Å². The van der Waals surface area contributed by atoms with Gasteiger partial charge in [0.1, 0.15) is 5.69 Å². The van der Waals surface area contributed by atoms with Crippen LogP contribution in [0.25, 0.3) is 11.5 Å². The molecule has 0 amide bonds. The molecule has 2 aromatic carbocycles. The molecule has 1 aliphatic heterocycles. The highest BCUT2D eigenvalue weighted by molar-refractivity contribution is 5.65. The maximum atomic E-state index is 13.0. The summed E-state index contributed by atoms with van der Waals surface area (Å²) in [5.74, 6) is 0.643. The molecule has 0 radical (unpaired) electrons. The molecule has 36 heavy (non-hydrogen) atoms. The van der Waals surface area contributed by atoms with Crippen LogP contribution in [-0.4, -0.2) is 43.1 Å². The Morgan fingerprint density at radius 1 is 1.11 bits per heavy atom. The van der Waals surface area contributed by atoms with Crippen molar-refractivity contribution in [1.82, 2.24) is 25.1 Å². The molecule has 1 fully saturated rings. The van der Waals surface area contributed by atoms with Gasteiger partial charge in [0.25, 0.3) is 5.69 Å². The number of alkyl halides is 3. The van der Waals surface area contributed by atoms with E-state index in [-0.39, 0.29) is 11.6 Å². The van der Waals surface area contributed by atoms with Gasteiger partial charge in [0.2, 0.25) is 11.7 Å². The van der Waals surface area contributed by atoms with Crippen LogP contribution >= 0.6 is 0 Å². The average Bonchev–Trinajstić information content (AvgIpc) is 3.54. The summed E-state index contributed by atoms with van der Waals surface area (Å²) >= 11 is 0.